The number of amides is 1. The van der Waals surface area contributed by atoms with E-state index in [1.54, 1.807) is 6.08 Å². The Hall–Kier alpha value is -1.17. The van der Waals surface area contributed by atoms with Crippen LogP contribution >= 0.6 is 35.4 Å². The lowest BCUT2D eigenvalue weighted by molar-refractivity contribution is -0.112. The van der Waals surface area contributed by atoms with Gasteiger partial charge in [0.15, 0.2) is 5.82 Å². The normalized spacial score (nSPS) is 19.1. The number of halogens is 2. The van der Waals surface area contributed by atoms with Gasteiger partial charge in [0.05, 0.1) is 10.6 Å². The average molecular weight is 328 g/mol. The molecule has 1 aromatic heterocycles. The molecule has 0 saturated heterocycles. The molecule has 7 heteroatoms. The van der Waals surface area contributed by atoms with Gasteiger partial charge in [0.25, 0.3) is 5.91 Å². The lowest BCUT2D eigenvalue weighted by atomic mass is 10.1. The smallest absolute Gasteiger partial charge is 0.258 e. The first kappa shape index (κ1) is 13.8. The van der Waals surface area contributed by atoms with Gasteiger partial charge in [0.1, 0.15) is 0 Å². The number of thiocarbonyl (C=S) groups is 1. The van der Waals surface area contributed by atoms with Crippen molar-refractivity contribution in [3.8, 4) is 0 Å². The monoisotopic (exact) mass is 327 g/mol. The molecule has 1 saturated carbocycles. The molecule has 20 heavy (non-hydrogen) atoms. The first-order chi connectivity index (χ1) is 9.54. The highest BCUT2D eigenvalue weighted by Crippen LogP contribution is 2.39. The molecule has 0 aliphatic heterocycles. The van der Waals surface area contributed by atoms with E-state index in [4.69, 9.17) is 35.4 Å². The molecule has 2 aliphatic rings. The second kappa shape index (κ2) is 5.31. The highest BCUT2D eigenvalue weighted by molar-refractivity contribution is 7.81. The van der Waals surface area contributed by atoms with E-state index in [2.05, 4.69) is 15.5 Å². The van der Waals surface area contributed by atoms with Crippen molar-refractivity contribution in [2.24, 2.45) is 0 Å². The molecule has 104 valence electrons. The van der Waals surface area contributed by atoms with E-state index in [0.717, 1.165) is 5.69 Å². The highest BCUT2D eigenvalue weighted by atomic mass is 35.5. The number of aromatic nitrogens is 2. The fraction of sp³-hybridized carbons (Fsp3) is 0.308. The standard InChI is InChI=1S/C13H11Cl2N3OS/c14-7-3-8(12(15)10(20)4-7)13(19)16-11-5-9(17-18-11)6-1-2-6/h3,5-6H,1-2,4H2,(H2,16,17,18,19). The maximum atomic E-state index is 12.2. The van der Waals surface area contributed by atoms with Crippen molar-refractivity contribution in [3.63, 3.8) is 0 Å². The lowest BCUT2D eigenvalue weighted by Gasteiger charge is -2.13. The van der Waals surface area contributed by atoms with Crippen LogP contribution in [0.2, 0.25) is 0 Å². The van der Waals surface area contributed by atoms with Crippen LogP contribution in [0.5, 0.6) is 0 Å². The summed E-state index contributed by atoms with van der Waals surface area (Å²) < 4.78 is 0. The van der Waals surface area contributed by atoms with Crippen molar-refractivity contribution in [2.45, 2.75) is 25.2 Å². The number of carbonyl (C=O) groups excluding carboxylic acids is 1. The predicted molar refractivity (Wildman–Crippen MR) is 83.2 cm³/mol. The number of hydrogen-bond donors (Lipinski definition) is 2. The molecule has 0 bridgehead atoms. The van der Waals surface area contributed by atoms with Gasteiger partial charge >= 0.3 is 0 Å². The van der Waals surface area contributed by atoms with Crippen LogP contribution in [0.15, 0.2) is 27.8 Å². The third-order valence-electron chi connectivity index (χ3n) is 3.21. The highest BCUT2D eigenvalue weighted by Gasteiger charge is 2.26. The zero-order chi connectivity index (χ0) is 14.3. The molecule has 1 fully saturated rings. The van der Waals surface area contributed by atoms with Crippen molar-refractivity contribution < 1.29 is 4.79 Å². The minimum absolute atomic E-state index is 0.278. The van der Waals surface area contributed by atoms with E-state index in [9.17, 15) is 4.79 Å². The Bertz CT molecular complexity index is 658. The van der Waals surface area contributed by atoms with Crippen molar-refractivity contribution in [2.75, 3.05) is 5.32 Å². The summed E-state index contributed by atoms with van der Waals surface area (Å²) in [6.07, 6.45) is 4.28. The Morgan fingerprint density at radius 1 is 1.45 bits per heavy atom. The Labute approximate surface area is 131 Å². The molecule has 0 unspecified atom stereocenters. The molecule has 1 amide bonds. The van der Waals surface area contributed by atoms with Crippen LogP contribution in [-0.4, -0.2) is 21.0 Å². The maximum Gasteiger partial charge on any atom is 0.258 e. The van der Waals surface area contributed by atoms with E-state index in [1.807, 2.05) is 6.07 Å². The van der Waals surface area contributed by atoms with E-state index in [-0.39, 0.29) is 16.5 Å². The molecule has 1 aromatic rings. The fourth-order valence-corrected chi connectivity index (χ4v) is 2.80. The second-order valence-corrected chi connectivity index (χ2v) is 6.21. The lowest BCUT2D eigenvalue weighted by Crippen LogP contribution is -2.18. The zero-order valence-electron chi connectivity index (χ0n) is 10.4. The number of aromatic amines is 1. The molecular weight excluding hydrogens is 317 g/mol. The van der Waals surface area contributed by atoms with Gasteiger partial charge in [-0.3, -0.25) is 9.89 Å². The van der Waals surface area contributed by atoms with Crippen LogP contribution in [0, 0.1) is 0 Å². The topological polar surface area (TPSA) is 57.8 Å². The quantitative estimate of drug-likeness (QED) is 0.833. The summed E-state index contributed by atoms with van der Waals surface area (Å²) in [6, 6.07) is 1.84. The van der Waals surface area contributed by atoms with Gasteiger partial charge in [-0.1, -0.05) is 35.4 Å². The zero-order valence-corrected chi connectivity index (χ0v) is 12.7. The van der Waals surface area contributed by atoms with Crippen molar-refractivity contribution >= 4 is 52.0 Å². The Morgan fingerprint density at radius 2 is 2.20 bits per heavy atom. The maximum absolute atomic E-state index is 12.2. The van der Waals surface area contributed by atoms with Crippen LogP contribution in [0.1, 0.15) is 30.9 Å². The number of carbonyl (C=O) groups is 1. The summed E-state index contributed by atoms with van der Waals surface area (Å²) in [6.45, 7) is 0. The van der Waals surface area contributed by atoms with Crippen molar-refractivity contribution in [1.29, 1.82) is 0 Å². The van der Waals surface area contributed by atoms with Crippen LogP contribution < -0.4 is 5.32 Å². The third kappa shape index (κ3) is 2.80. The van der Waals surface area contributed by atoms with Gasteiger partial charge in [-0.25, -0.2) is 0 Å². The molecule has 1 heterocycles. The third-order valence-corrected chi connectivity index (χ3v) is 4.35. The van der Waals surface area contributed by atoms with E-state index in [0.29, 0.717) is 28.1 Å². The number of anilines is 1. The number of H-pyrrole nitrogens is 1. The van der Waals surface area contributed by atoms with Gasteiger partial charge in [-0.05, 0) is 18.9 Å². The Balaban J connectivity index is 1.78. The van der Waals surface area contributed by atoms with Crippen LogP contribution in [0.25, 0.3) is 0 Å². The fourth-order valence-electron chi connectivity index (χ4n) is 2.01. The number of hydrogen-bond acceptors (Lipinski definition) is 3. The largest absolute Gasteiger partial charge is 0.305 e. The Kier molecular flexibility index (Phi) is 3.67. The summed E-state index contributed by atoms with van der Waals surface area (Å²) in [4.78, 5) is 12.7. The van der Waals surface area contributed by atoms with Gasteiger partial charge in [0.2, 0.25) is 0 Å². The summed E-state index contributed by atoms with van der Waals surface area (Å²) in [7, 11) is 0. The molecule has 0 spiro atoms. The van der Waals surface area contributed by atoms with Gasteiger partial charge in [-0.15, -0.1) is 0 Å². The molecule has 0 aromatic carbocycles. The minimum atomic E-state index is -0.357. The Morgan fingerprint density at radius 3 is 2.90 bits per heavy atom. The predicted octanol–water partition coefficient (Wildman–Crippen LogP) is 3.61. The van der Waals surface area contributed by atoms with E-state index >= 15 is 0 Å². The molecule has 0 atom stereocenters. The minimum Gasteiger partial charge on any atom is -0.305 e. The molecule has 2 aliphatic carbocycles. The van der Waals surface area contributed by atoms with Crippen molar-refractivity contribution in [1.82, 2.24) is 10.2 Å². The number of nitrogens with one attached hydrogen (secondary N) is 2. The average Bonchev–Trinajstić information content (AvgIpc) is 3.15. The molecule has 0 radical (unpaired) electrons. The summed E-state index contributed by atoms with van der Waals surface area (Å²) >= 11 is 17.1. The van der Waals surface area contributed by atoms with Crippen LogP contribution in [0.3, 0.4) is 0 Å². The first-order valence-electron chi connectivity index (χ1n) is 6.20. The van der Waals surface area contributed by atoms with Gasteiger partial charge in [-0.2, -0.15) is 5.10 Å². The van der Waals surface area contributed by atoms with E-state index < -0.39 is 0 Å². The SMILES string of the molecule is O=C(Nc1cc(C2CC2)[nH]n1)C1=C(Cl)C(=S)CC(Cl)=C1. The molecule has 2 N–H and O–H groups in total. The second-order valence-electron chi connectivity index (χ2n) is 4.86. The number of allylic oxidation sites excluding steroid dienone is 2. The molecule has 3 rings (SSSR count). The van der Waals surface area contributed by atoms with Crippen LogP contribution in [-0.2, 0) is 4.79 Å². The number of rotatable bonds is 3. The summed E-state index contributed by atoms with van der Waals surface area (Å²) in [5.74, 6) is 0.673. The van der Waals surface area contributed by atoms with E-state index in [1.165, 1.54) is 12.8 Å². The first-order valence-corrected chi connectivity index (χ1v) is 7.36. The summed E-state index contributed by atoms with van der Waals surface area (Å²) in [5, 5.41) is 10.5. The summed E-state index contributed by atoms with van der Waals surface area (Å²) in [5.41, 5.74) is 1.33. The van der Waals surface area contributed by atoms with Crippen molar-refractivity contribution in [3.05, 3.63) is 33.5 Å². The molecular formula is C13H11Cl2N3OS. The van der Waals surface area contributed by atoms with Gasteiger partial charge in [0, 0.05) is 34.0 Å². The van der Waals surface area contributed by atoms with Crippen LogP contribution in [0.4, 0.5) is 5.82 Å². The number of nitrogens with zero attached hydrogens (tertiary/aromatic N) is 1. The molecule has 4 nitrogen and oxygen atoms in total. The van der Waals surface area contributed by atoms with Gasteiger partial charge < -0.3 is 5.32 Å².